The molecule has 2 fully saturated rings. The highest BCUT2D eigenvalue weighted by Gasteiger charge is 2.26. The Kier molecular flexibility index (Phi) is 5.12. The molecule has 0 radical (unpaired) electrons. The Morgan fingerprint density at radius 3 is 2.45 bits per heavy atom. The van der Waals surface area contributed by atoms with E-state index in [2.05, 4.69) is 31.2 Å². The van der Waals surface area contributed by atoms with Gasteiger partial charge >= 0.3 is 12.0 Å². The van der Waals surface area contributed by atoms with Gasteiger partial charge in [-0.2, -0.15) is 0 Å². The number of hydrogen-bond donors (Lipinski definition) is 1. The van der Waals surface area contributed by atoms with E-state index < -0.39 is 0 Å². The number of nitrogens with one attached hydrogen (secondary N) is 1. The molecule has 0 spiro atoms. The number of aromatic nitrogens is 2. The van der Waals surface area contributed by atoms with E-state index in [9.17, 15) is 4.79 Å². The van der Waals surface area contributed by atoms with Gasteiger partial charge in [-0.25, -0.2) is 14.8 Å². The lowest BCUT2D eigenvalue weighted by Gasteiger charge is -2.32. The summed E-state index contributed by atoms with van der Waals surface area (Å²) in [5, 5.41) is 3.14. The van der Waals surface area contributed by atoms with Gasteiger partial charge in [0.1, 0.15) is 6.10 Å². The van der Waals surface area contributed by atoms with E-state index in [0.717, 1.165) is 43.2 Å². The summed E-state index contributed by atoms with van der Waals surface area (Å²) in [6, 6.07) is 0.847. The van der Waals surface area contributed by atoms with E-state index in [1.165, 1.54) is 12.8 Å². The third kappa shape index (κ3) is 4.09. The fourth-order valence-electron chi connectivity index (χ4n) is 3.02. The van der Waals surface area contributed by atoms with Gasteiger partial charge in [-0.3, -0.25) is 0 Å². The van der Waals surface area contributed by atoms with Crippen molar-refractivity contribution in [2.24, 2.45) is 0 Å². The van der Waals surface area contributed by atoms with Gasteiger partial charge in [-0.15, -0.1) is 0 Å². The first-order chi connectivity index (χ1) is 10.7. The number of carbonyl (C=O) groups is 1. The lowest BCUT2D eigenvalue weighted by Crippen LogP contribution is -2.48. The number of nitrogens with zero attached hydrogens (tertiary/aromatic N) is 3. The van der Waals surface area contributed by atoms with Crippen molar-refractivity contribution in [3.05, 3.63) is 16.9 Å². The quantitative estimate of drug-likeness (QED) is 0.890. The highest BCUT2D eigenvalue weighted by molar-refractivity contribution is 9.10. The Balaban J connectivity index is 1.43. The number of halogens is 1. The first-order valence-corrected chi connectivity index (χ1v) is 8.69. The number of rotatable bonds is 3. The van der Waals surface area contributed by atoms with Crippen LogP contribution in [-0.2, 0) is 0 Å². The normalized spacial score (nSPS) is 20.1. The molecule has 3 rings (SSSR count). The predicted molar refractivity (Wildman–Crippen MR) is 85.7 cm³/mol. The minimum atomic E-state index is 0.0743. The Labute approximate surface area is 138 Å². The van der Waals surface area contributed by atoms with Crippen LogP contribution in [-0.4, -0.2) is 46.1 Å². The first kappa shape index (κ1) is 15.5. The molecule has 1 aliphatic carbocycles. The maximum atomic E-state index is 12.2. The molecule has 2 amide bonds. The van der Waals surface area contributed by atoms with Crippen LogP contribution in [0.1, 0.15) is 38.5 Å². The second kappa shape index (κ2) is 7.26. The number of likely N-dealkylation sites (tertiary alicyclic amines) is 1. The number of hydrogen-bond acceptors (Lipinski definition) is 4. The van der Waals surface area contributed by atoms with E-state index in [0.29, 0.717) is 12.1 Å². The monoisotopic (exact) mass is 368 g/mol. The molecule has 2 heterocycles. The summed E-state index contributed by atoms with van der Waals surface area (Å²) in [7, 11) is 0. The van der Waals surface area contributed by atoms with Gasteiger partial charge in [-0.1, -0.05) is 12.8 Å². The number of urea groups is 1. The van der Waals surface area contributed by atoms with E-state index in [1.807, 2.05) is 4.90 Å². The molecule has 0 bridgehead atoms. The SMILES string of the molecule is O=C(NC1CCCC1)N1CCC(Oc2ncc(Br)cn2)CC1. The summed E-state index contributed by atoms with van der Waals surface area (Å²) in [5.74, 6) is 0. The lowest BCUT2D eigenvalue weighted by atomic mass is 10.1. The highest BCUT2D eigenvalue weighted by Crippen LogP contribution is 2.20. The zero-order valence-electron chi connectivity index (χ0n) is 12.5. The van der Waals surface area contributed by atoms with Crippen LogP contribution in [0, 0.1) is 0 Å². The van der Waals surface area contributed by atoms with Crippen LogP contribution < -0.4 is 10.1 Å². The van der Waals surface area contributed by atoms with Crippen LogP contribution in [0.15, 0.2) is 16.9 Å². The Morgan fingerprint density at radius 1 is 1.18 bits per heavy atom. The fraction of sp³-hybridized carbons (Fsp3) is 0.667. The summed E-state index contributed by atoms with van der Waals surface area (Å²) in [5.41, 5.74) is 0. The minimum absolute atomic E-state index is 0.0743. The van der Waals surface area contributed by atoms with E-state index >= 15 is 0 Å². The van der Waals surface area contributed by atoms with Gasteiger partial charge in [0.15, 0.2) is 0 Å². The van der Waals surface area contributed by atoms with Gasteiger partial charge in [0.05, 0.1) is 4.47 Å². The second-order valence-electron chi connectivity index (χ2n) is 5.92. The number of ether oxygens (including phenoxy) is 1. The maximum absolute atomic E-state index is 12.2. The fourth-order valence-corrected chi connectivity index (χ4v) is 3.23. The number of piperidine rings is 1. The Morgan fingerprint density at radius 2 is 1.82 bits per heavy atom. The number of carbonyl (C=O) groups excluding carboxylic acids is 1. The predicted octanol–water partition coefficient (Wildman–Crippen LogP) is 2.73. The van der Waals surface area contributed by atoms with Crippen LogP contribution in [0.25, 0.3) is 0 Å². The molecule has 7 heteroatoms. The zero-order chi connectivity index (χ0) is 15.4. The van der Waals surface area contributed by atoms with Crippen molar-refractivity contribution in [1.82, 2.24) is 20.2 Å². The van der Waals surface area contributed by atoms with Crippen molar-refractivity contribution in [1.29, 1.82) is 0 Å². The van der Waals surface area contributed by atoms with Crippen LogP contribution in [0.5, 0.6) is 6.01 Å². The molecule has 1 saturated heterocycles. The molecule has 2 aliphatic rings. The van der Waals surface area contributed by atoms with Crippen molar-refractivity contribution in [3.8, 4) is 6.01 Å². The van der Waals surface area contributed by atoms with E-state index in [1.54, 1.807) is 12.4 Å². The van der Waals surface area contributed by atoms with Crippen LogP contribution in [0.2, 0.25) is 0 Å². The van der Waals surface area contributed by atoms with Gasteiger partial charge in [0, 0.05) is 44.4 Å². The molecular formula is C15H21BrN4O2. The Hall–Kier alpha value is -1.37. The van der Waals surface area contributed by atoms with Crippen LogP contribution in [0.3, 0.4) is 0 Å². The molecule has 1 aromatic heterocycles. The van der Waals surface area contributed by atoms with Crippen molar-refractivity contribution in [2.75, 3.05) is 13.1 Å². The highest BCUT2D eigenvalue weighted by atomic mass is 79.9. The largest absolute Gasteiger partial charge is 0.460 e. The molecule has 1 saturated carbocycles. The molecule has 1 aliphatic heterocycles. The Bertz CT molecular complexity index is 497. The third-order valence-electron chi connectivity index (χ3n) is 4.28. The summed E-state index contributed by atoms with van der Waals surface area (Å²) in [4.78, 5) is 22.3. The summed E-state index contributed by atoms with van der Waals surface area (Å²) >= 11 is 3.30. The van der Waals surface area contributed by atoms with Crippen molar-refractivity contribution in [3.63, 3.8) is 0 Å². The lowest BCUT2D eigenvalue weighted by molar-refractivity contribution is 0.102. The minimum Gasteiger partial charge on any atom is -0.460 e. The maximum Gasteiger partial charge on any atom is 0.317 e. The number of amides is 2. The molecule has 22 heavy (non-hydrogen) atoms. The second-order valence-corrected chi connectivity index (χ2v) is 6.83. The van der Waals surface area contributed by atoms with Gasteiger partial charge in [-0.05, 0) is 28.8 Å². The van der Waals surface area contributed by atoms with Crippen molar-refractivity contribution < 1.29 is 9.53 Å². The van der Waals surface area contributed by atoms with Crippen LogP contribution in [0.4, 0.5) is 4.79 Å². The third-order valence-corrected chi connectivity index (χ3v) is 4.69. The molecule has 1 aromatic rings. The summed E-state index contributed by atoms with van der Waals surface area (Å²) in [6.45, 7) is 1.44. The molecule has 0 aromatic carbocycles. The van der Waals surface area contributed by atoms with Gasteiger partial charge < -0.3 is 15.0 Å². The van der Waals surface area contributed by atoms with E-state index in [4.69, 9.17) is 4.74 Å². The smallest absolute Gasteiger partial charge is 0.317 e. The average Bonchev–Trinajstić information content (AvgIpc) is 3.03. The van der Waals surface area contributed by atoms with Crippen LogP contribution >= 0.6 is 15.9 Å². The topological polar surface area (TPSA) is 67.4 Å². The molecule has 6 nitrogen and oxygen atoms in total. The molecule has 0 unspecified atom stereocenters. The molecule has 120 valence electrons. The van der Waals surface area contributed by atoms with E-state index in [-0.39, 0.29) is 12.1 Å². The molecule has 0 atom stereocenters. The molecular weight excluding hydrogens is 348 g/mol. The summed E-state index contributed by atoms with van der Waals surface area (Å²) in [6.07, 6.45) is 9.76. The van der Waals surface area contributed by atoms with Crippen molar-refractivity contribution in [2.45, 2.75) is 50.7 Å². The molecule has 1 N–H and O–H groups in total. The average molecular weight is 369 g/mol. The summed E-state index contributed by atoms with van der Waals surface area (Å²) < 4.78 is 6.60. The van der Waals surface area contributed by atoms with Crippen molar-refractivity contribution >= 4 is 22.0 Å². The first-order valence-electron chi connectivity index (χ1n) is 7.90. The van der Waals surface area contributed by atoms with Gasteiger partial charge in [0.25, 0.3) is 0 Å². The zero-order valence-corrected chi connectivity index (χ0v) is 14.1. The standard InChI is InChI=1S/C15H21BrN4O2/c16-11-9-17-14(18-10-11)22-13-5-7-20(8-6-13)15(21)19-12-3-1-2-4-12/h9-10,12-13H,1-8H2,(H,19,21). The van der Waals surface area contributed by atoms with Gasteiger partial charge in [0.2, 0.25) is 0 Å².